The monoisotopic (exact) mass is 335 g/mol. The Morgan fingerprint density at radius 1 is 1.08 bits per heavy atom. The molecule has 0 saturated heterocycles. The maximum atomic E-state index is 12.5. The number of alkyl halides is 3. The number of benzene rings is 1. The predicted octanol–water partition coefficient (Wildman–Crippen LogP) is 4.05. The molecule has 0 aliphatic carbocycles. The Labute approximate surface area is 135 Å². The molecule has 0 atom stereocenters. The fourth-order valence-electron chi connectivity index (χ4n) is 1.97. The minimum absolute atomic E-state index is 0.0491. The van der Waals surface area contributed by atoms with Crippen LogP contribution in [0.5, 0.6) is 5.88 Å². The lowest BCUT2D eigenvalue weighted by molar-refractivity contribution is -0.154. The summed E-state index contributed by atoms with van der Waals surface area (Å²) in [5.41, 5.74) is 1.70. The van der Waals surface area contributed by atoms with Gasteiger partial charge in [-0.2, -0.15) is 18.2 Å². The minimum Gasteiger partial charge on any atom is -0.466 e. The molecule has 3 rings (SSSR count). The molecule has 5 nitrogen and oxygen atoms in total. The molecule has 0 aliphatic rings. The minimum atomic E-state index is -4.49. The second kappa shape index (κ2) is 6.31. The van der Waals surface area contributed by atoms with E-state index in [1.807, 2.05) is 19.1 Å². The molecule has 0 unspecified atom stereocenters. The third kappa shape index (κ3) is 3.70. The summed E-state index contributed by atoms with van der Waals surface area (Å²) in [4.78, 5) is 4.03. The molecule has 24 heavy (non-hydrogen) atoms. The zero-order valence-corrected chi connectivity index (χ0v) is 12.5. The van der Waals surface area contributed by atoms with E-state index in [0.29, 0.717) is 5.56 Å². The average Bonchev–Trinajstić information content (AvgIpc) is 3.07. The summed E-state index contributed by atoms with van der Waals surface area (Å²) in [7, 11) is 0. The van der Waals surface area contributed by atoms with Crippen molar-refractivity contribution in [2.24, 2.45) is 0 Å². The van der Waals surface area contributed by atoms with E-state index in [0.717, 1.165) is 5.56 Å². The number of hydrogen-bond donors (Lipinski definition) is 0. The largest absolute Gasteiger partial charge is 0.466 e. The maximum absolute atomic E-state index is 12.5. The van der Waals surface area contributed by atoms with Crippen LogP contribution in [0.15, 0.2) is 47.1 Å². The number of aromatic nitrogens is 3. The first-order valence-corrected chi connectivity index (χ1v) is 6.97. The van der Waals surface area contributed by atoms with Crippen molar-refractivity contribution in [1.29, 1.82) is 0 Å². The Morgan fingerprint density at radius 2 is 1.83 bits per heavy atom. The Balaban J connectivity index is 2.01. The van der Waals surface area contributed by atoms with Crippen molar-refractivity contribution in [2.45, 2.75) is 13.1 Å². The van der Waals surface area contributed by atoms with E-state index in [2.05, 4.69) is 15.2 Å². The van der Waals surface area contributed by atoms with E-state index >= 15 is 0 Å². The van der Waals surface area contributed by atoms with Gasteiger partial charge in [-0.1, -0.05) is 29.8 Å². The van der Waals surface area contributed by atoms with Gasteiger partial charge in [-0.25, -0.2) is 0 Å². The molecule has 124 valence electrons. The molecule has 8 heteroatoms. The van der Waals surface area contributed by atoms with Crippen LogP contribution in [0, 0.1) is 6.92 Å². The topological polar surface area (TPSA) is 61.0 Å². The summed E-state index contributed by atoms with van der Waals surface area (Å²) in [5, 5.41) is 7.88. The average molecular weight is 335 g/mol. The summed E-state index contributed by atoms with van der Waals surface area (Å²) in [5.74, 6) is 0.0837. The van der Waals surface area contributed by atoms with Crippen LogP contribution in [-0.2, 0) is 0 Å². The second-order valence-corrected chi connectivity index (χ2v) is 5.04. The summed E-state index contributed by atoms with van der Waals surface area (Å²) < 4.78 is 47.5. The zero-order valence-electron chi connectivity index (χ0n) is 12.5. The highest BCUT2D eigenvalue weighted by Crippen LogP contribution is 2.29. The van der Waals surface area contributed by atoms with Gasteiger partial charge >= 0.3 is 6.18 Å². The Morgan fingerprint density at radius 3 is 2.46 bits per heavy atom. The quantitative estimate of drug-likeness (QED) is 0.720. The normalized spacial score (nSPS) is 11.5. The van der Waals surface area contributed by atoms with Crippen LogP contribution in [0.25, 0.3) is 22.8 Å². The highest BCUT2D eigenvalue weighted by Gasteiger charge is 2.30. The summed E-state index contributed by atoms with van der Waals surface area (Å²) in [6, 6.07) is 10.2. The van der Waals surface area contributed by atoms with E-state index in [1.165, 1.54) is 6.26 Å². The van der Waals surface area contributed by atoms with Crippen molar-refractivity contribution >= 4 is 0 Å². The molecule has 0 saturated carbocycles. The summed E-state index contributed by atoms with van der Waals surface area (Å²) >= 11 is 0. The van der Waals surface area contributed by atoms with Crippen molar-refractivity contribution in [3.05, 3.63) is 48.2 Å². The number of furan rings is 1. The third-order valence-electron chi connectivity index (χ3n) is 3.09. The highest BCUT2D eigenvalue weighted by atomic mass is 19.4. The van der Waals surface area contributed by atoms with Crippen molar-refractivity contribution in [3.63, 3.8) is 0 Å². The van der Waals surface area contributed by atoms with E-state index in [-0.39, 0.29) is 23.2 Å². The Kier molecular flexibility index (Phi) is 4.20. The number of nitrogens with zero attached hydrogens (tertiary/aromatic N) is 3. The van der Waals surface area contributed by atoms with Gasteiger partial charge in [-0.05, 0) is 19.1 Å². The van der Waals surface area contributed by atoms with E-state index in [1.54, 1.807) is 24.3 Å². The molecule has 2 heterocycles. The lowest BCUT2D eigenvalue weighted by Gasteiger charge is -2.12. The second-order valence-electron chi connectivity index (χ2n) is 5.04. The lowest BCUT2D eigenvalue weighted by Crippen LogP contribution is -2.20. The number of rotatable bonds is 4. The molecular formula is C16H12F3N3O2. The number of ether oxygens (including phenoxy) is 1. The molecule has 2 aromatic heterocycles. The molecule has 0 amide bonds. The molecule has 0 N–H and O–H groups in total. The molecule has 0 radical (unpaired) electrons. The molecule has 1 aromatic carbocycles. The molecule has 0 fully saturated rings. The predicted molar refractivity (Wildman–Crippen MR) is 79.3 cm³/mol. The summed E-state index contributed by atoms with van der Waals surface area (Å²) in [6.45, 7) is 0.428. The smallest absolute Gasteiger partial charge is 0.422 e. The highest BCUT2D eigenvalue weighted by molar-refractivity contribution is 5.65. The van der Waals surface area contributed by atoms with Crippen molar-refractivity contribution in [2.75, 3.05) is 6.61 Å². The number of aryl methyl sites for hydroxylation is 1. The molecule has 0 aliphatic heterocycles. The Bertz CT molecular complexity index is 816. The van der Waals surface area contributed by atoms with E-state index in [4.69, 9.17) is 9.15 Å². The first-order chi connectivity index (χ1) is 11.4. The van der Waals surface area contributed by atoms with E-state index < -0.39 is 12.8 Å². The summed E-state index contributed by atoms with van der Waals surface area (Å²) in [6.07, 6.45) is -3.08. The zero-order chi connectivity index (χ0) is 17.2. The molecular weight excluding hydrogens is 323 g/mol. The third-order valence-corrected chi connectivity index (χ3v) is 3.09. The lowest BCUT2D eigenvalue weighted by atomic mass is 10.1. The van der Waals surface area contributed by atoms with Crippen LogP contribution in [0.1, 0.15) is 5.56 Å². The van der Waals surface area contributed by atoms with Crippen molar-refractivity contribution in [3.8, 4) is 28.7 Å². The number of hydrogen-bond acceptors (Lipinski definition) is 5. The van der Waals surface area contributed by atoms with Crippen LogP contribution >= 0.6 is 0 Å². The van der Waals surface area contributed by atoms with E-state index in [9.17, 15) is 13.2 Å². The molecule has 3 aromatic rings. The van der Waals surface area contributed by atoms with Gasteiger partial charge in [0.15, 0.2) is 18.1 Å². The van der Waals surface area contributed by atoms with Gasteiger partial charge in [0, 0.05) is 5.56 Å². The van der Waals surface area contributed by atoms with Crippen LogP contribution in [0.2, 0.25) is 0 Å². The van der Waals surface area contributed by atoms with Gasteiger partial charge in [0.25, 0.3) is 0 Å². The first kappa shape index (κ1) is 16.0. The van der Waals surface area contributed by atoms with Crippen LogP contribution < -0.4 is 4.74 Å². The van der Waals surface area contributed by atoms with Gasteiger partial charge in [-0.15, -0.1) is 10.2 Å². The standard InChI is InChI=1S/C16H12F3N3O2/c1-10-4-6-11(7-5-10)13-15(24-9-16(17,18)19)20-14(22-21-13)12-3-2-8-23-12/h2-8H,9H2,1H3. The van der Waals surface area contributed by atoms with Gasteiger partial charge in [-0.3, -0.25) is 0 Å². The maximum Gasteiger partial charge on any atom is 0.422 e. The first-order valence-electron chi connectivity index (χ1n) is 6.97. The number of halogens is 3. The molecule has 0 spiro atoms. The fraction of sp³-hybridized carbons (Fsp3) is 0.188. The fourth-order valence-corrected chi connectivity index (χ4v) is 1.97. The van der Waals surface area contributed by atoms with Gasteiger partial charge in [0.05, 0.1) is 6.26 Å². The van der Waals surface area contributed by atoms with Crippen molar-refractivity contribution in [1.82, 2.24) is 15.2 Å². The SMILES string of the molecule is Cc1ccc(-c2nnc(-c3ccco3)nc2OCC(F)(F)F)cc1. The molecule has 0 bridgehead atoms. The van der Waals surface area contributed by atoms with Gasteiger partial charge < -0.3 is 9.15 Å². The van der Waals surface area contributed by atoms with Gasteiger partial charge in [0.2, 0.25) is 11.7 Å². The Hall–Kier alpha value is -2.90. The van der Waals surface area contributed by atoms with Crippen LogP contribution in [0.4, 0.5) is 13.2 Å². The van der Waals surface area contributed by atoms with Gasteiger partial charge in [0.1, 0.15) is 0 Å². The van der Waals surface area contributed by atoms with Crippen LogP contribution in [-0.4, -0.2) is 28.0 Å². The van der Waals surface area contributed by atoms with Crippen LogP contribution in [0.3, 0.4) is 0 Å². The van der Waals surface area contributed by atoms with Crippen molar-refractivity contribution < 1.29 is 22.3 Å².